The highest BCUT2D eigenvalue weighted by Gasteiger charge is 2.34. The summed E-state index contributed by atoms with van der Waals surface area (Å²) < 4.78 is 58.8. The first-order chi connectivity index (χ1) is 24.7. The molecule has 2 aromatic carbocycles. The van der Waals surface area contributed by atoms with Crippen molar-refractivity contribution in [2.24, 2.45) is 10.9 Å². The van der Waals surface area contributed by atoms with Gasteiger partial charge in [-0.1, -0.05) is 59.1 Å². The Balaban J connectivity index is 1.57. The zero-order chi connectivity index (χ0) is 37.5. The average molecular weight is 815 g/mol. The Labute approximate surface area is 322 Å². The van der Waals surface area contributed by atoms with E-state index in [-0.39, 0.29) is 53.2 Å². The lowest BCUT2D eigenvalue weighted by molar-refractivity contribution is 0.125. The number of carbonyl (C=O) groups excluding carboxylic acids is 1. The van der Waals surface area contributed by atoms with Gasteiger partial charge < -0.3 is 9.64 Å². The van der Waals surface area contributed by atoms with E-state index in [0.717, 1.165) is 18.4 Å². The van der Waals surface area contributed by atoms with Gasteiger partial charge in [0.25, 0.3) is 0 Å². The van der Waals surface area contributed by atoms with Crippen LogP contribution in [0.2, 0.25) is 10.0 Å². The number of amidine groups is 1. The number of halogens is 3. The maximum atomic E-state index is 14.8. The second-order valence-corrected chi connectivity index (χ2v) is 18.7. The summed E-state index contributed by atoms with van der Waals surface area (Å²) in [4.78, 5) is 25.3. The van der Waals surface area contributed by atoms with Crippen LogP contribution in [-0.2, 0) is 26.4 Å². The minimum atomic E-state index is -3.97. The number of hydrogen-bond donors (Lipinski definition) is 0. The third-order valence-electron chi connectivity index (χ3n) is 9.25. The standard InChI is InChI=1S/C36H46Cl3N5O6S2/c1-3-50-33-24-32(39)34(52(48,49)43-16-4-5-17-43)23-31(33)35(40-25-27-7-11-29(37)12-8-27)44(26-28-9-13-30(38)14-10-28)36(45)42-20-18-41(19-21-42)15-6-22-51(2,46)47/h7,9-14,23-24,27H,3-6,8,15-22,25-26H2,1-2H3/b40-35-. The molecule has 2 saturated heterocycles. The van der Waals surface area contributed by atoms with E-state index in [0.29, 0.717) is 80.0 Å². The Bertz CT molecular complexity index is 1890. The van der Waals surface area contributed by atoms with E-state index >= 15 is 0 Å². The molecule has 52 heavy (non-hydrogen) atoms. The predicted molar refractivity (Wildman–Crippen MR) is 208 cm³/mol. The van der Waals surface area contributed by atoms with Gasteiger partial charge in [-0.15, -0.1) is 0 Å². The fraction of sp³-hybridized carbons (Fsp3) is 0.500. The summed E-state index contributed by atoms with van der Waals surface area (Å²) in [7, 11) is -7.03. The lowest BCUT2D eigenvalue weighted by atomic mass is 10.0. The van der Waals surface area contributed by atoms with E-state index in [1.54, 1.807) is 21.9 Å². The molecule has 2 aliphatic heterocycles. The fourth-order valence-electron chi connectivity index (χ4n) is 6.43. The van der Waals surface area contributed by atoms with Crippen molar-refractivity contribution in [1.29, 1.82) is 0 Å². The SMILES string of the molecule is CCOc1cc(Cl)c(S(=O)(=O)N2CCCC2)cc1/C(=N/CC1C=CC(Cl)=CC1)N(Cc1ccc(Cl)cc1)C(=O)N1CCN(CCCS(C)(=O)=O)CC1. The Morgan fingerprint density at radius 1 is 0.981 bits per heavy atom. The van der Waals surface area contributed by atoms with Crippen molar-refractivity contribution in [3.05, 3.63) is 80.8 Å². The van der Waals surface area contributed by atoms with Crippen molar-refractivity contribution < 1.29 is 26.4 Å². The van der Waals surface area contributed by atoms with Gasteiger partial charge in [-0.05, 0) is 69.0 Å². The van der Waals surface area contributed by atoms with Crippen LogP contribution < -0.4 is 4.74 Å². The fourth-order valence-corrected chi connectivity index (χ4v) is 9.41. The van der Waals surface area contributed by atoms with Crippen LogP contribution >= 0.6 is 34.8 Å². The molecular formula is C36H46Cl3N5O6S2. The Morgan fingerprint density at radius 3 is 2.29 bits per heavy atom. The largest absolute Gasteiger partial charge is 0.493 e. The molecule has 2 aromatic rings. The van der Waals surface area contributed by atoms with E-state index < -0.39 is 19.9 Å². The molecule has 16 heteroatoms. The van der Waals surface area contributed by atoms with Gasteiger partial charge in [0.1, 0.15) is 26.3 Å². The predicted octanol–water partition coefficient (Wildman–Crippen LogP) is 6.30. The van der Waals surface area contributed by atoms with E-state index in [9.17, 15) is 21.6 Å². The number of aliphatic imine (C=N–C) groups is 1. The van der Waals surface area contributed by atoms with E-state index in [2.05, 4.69) is 4.90 Å². The zero-order valence-corrected chi connectivity index (χ0v) is 33.4. The quantitative estimate of drug-likeness (QED) is 0.172. The molecule has 0 radical (unpaired) electrons. The number of amides is 2. The van der Waals surface area contributed by atoms with Gasteiger partial charge in [-0.25, -0.2) is 21.6 Å². The lowest BCUT2D eigenvalue weighted by Gasteiger charge is -2.38. The van der Waals surface area contributed by atoms with E-state index in [1.165, 1.54) is 22.7 Å². The topological polar surface area (TPSA) is 120 Å². The van der Waals surface area contributed by atoms with Crippen molar-refractivity contribution in [1.82, 2.24) is 19.0 Å². The molecule has 0 aromatic heterocycles. The number of sulfonamides is 1. The molecule has 1 atom stereocenters. The number of nitrogens with zero attached hydrogens (tertiary/aromatic N) is 5. The van der Waals surface area contributed by atoms with Crippen LogP contribution in [0.25, 0.3) is 0 Å². The van der Waals surface area contributed by atoms with Crippen LogP contribution in [0.1, 0.15) is 43.7 Å². The monoisotopic (exact) mass is 813 g/mol. The van der Waals surface area contributed by atoms with Crippen molar-refractivity contribution >= 4 is 66.5 Å². The molecule has 2 amide bonds. The molecular weight excluding hydrogens is 769 g/mol. The average Bonchev–Trinajstić information content (AvgIpc) is 3.66. The molecule has 1 aliphatic carbocycles. The second kappa shape index (κ2) is 18.1. The minimum Gasteiger partial charge on any atom is -0.493 e. The number of sulfone groups is 1. The zero-order valence-electron chi connectivity index (χ0n) is 29.5. The number of benzene rings is 2. The van der Waals surface area contributed by atoms with Crippen LogP contribution in [0.15, 0.2) is 69.5 Å². The van der Waals surface area contributed by atoms with Crippen molar-refractivity contribution in [3.8, 4) is 5.75 Å². The number of ether oxygens (including phenoxy) is 1. The number of rotatable bonds is 13. The molecule has 0 bridgehead atoms. The van der Waals surface area contributed by atoms with Gasteiger partial charge in [0, 0.05) is 74.1 Å². The smallest absolute Gasteiger partial charge is 0.326 e. The summed E-state index contributed by atoms with van der Waals surface area (Å²) in [6.45, 7) is 5.83. The maximum Gasteiger partial charge on any atom is 0.326 e. The van der Waals surface area contributed by atoms with Crippen molar-refractivity contribution in [3.63, 3.8) is 0 Å². The Hall–Kier alpha value is -2.65. The first kappa shape index (κ1) is 40.5. The molecule has 3 aliphatic rings. The highest BCUT2D eigenvalue weighted by atomic mass is 35.5. The Morgan fingerprint density at radius 2 is 1.67 bits per heavy atom. The highest BCUT2D eigenvalue weighted by molar-refractivity contribution is 7.90. The van der Waals surface area contributed by atoms with Gasteiger partial charge in [-0.3, -0.25) is 14.8 Å². The number of allylic oxidation sites excluding steroid dienone is 3. The van der Waals surface area contributed by atoms with Gasteiger partial charge in [0.05, 0.1) is 29.5 Å². The third-order valence-corrected chi connectivity index (χ3v) is 13.2. The summed E-state index contributed by atoms with van der Waals surface area (Å²) in [5.74, 6) is 0.648. The van der Waals surface area contributed by atoms with Crippen molar-refractivity contribution in [2.45, 2.75) is 44.0 Å². The van der Waals surface area contributed by atoms with E-state index in [1.807, 2.05) is 37.3 Å². The number of urea groups is 1. The van der Waals surface area contributed by atoms with E-state index in [4.69, 9.17) is 44.5 Å². The van der Waals surface area contributed by atoms with Gasteiger partial charge >= 0.3 is 6.03 Å². The molecule has 2 heterocycles. The highest BCUT2D eigenvalue weighted by Crippen LogP contribution is 2.35. The Kier molecular flexibility index (Phi) is 14.1. The lowest BCUT2D eigenvalue weighted by Crippen LogP contribution is -2.54. The summed E-state index contributed by atoms with van der Waals surface area (Å²) >= 11 is 19.2. The van der Waals surface area contributed by atoms with Crippen LogP contribution in [0.4, 0.5) is 4.79 Å². The molecule has 2 fully saturated rings. The summed E-state index contributed by atoms with van der Waals surface area (Å²) in [5.41, 5.74) is 1.12. The third kappa shape index (κ3) is 10.7. The molecule has 5 rings (SSSR count). The first-order valence-corrected chi connectivity index (χ1v) is 22.1. The number of hydrogen-bond acceptors (Lipinski definition) is 8. The molecule has 0 saturated carbocycles. The summed E-state index contributed by atoms with van der Waals surface area (Å²) in [6, 6.07) is 9.87. The number of carbonyl (C=O) groups is 1. The number of piperazine rings is 1. The first-order valence-electron chi connectivity index (χ1n) is 17.5. The molecule has 11 nitrogen and oxygen atoms in total. The summed E-state index contributed by atoms with van der Waals surface area (Å²) in [6.07, 6.45) is 9.63. The van der Waals surface area contributed by atoms with Gasteiger partial charge in [0.15, 0.2) is 0 Å². The molecule has 1 unspecified atom stereocenters. The molecule has 0 spiro atoms. The van der Waals surface area contributed by atoms with Crippen LogP contribution in [0.5, 0.6) is 5.75 Å². The normalized spacial score (nSPS) is 19.2. The van der Waals surface area contributed by atoms with Crippen LogP contribution in [-0.4, -0.2) is 119 Å². The van der Waals surface area contributed by atoms with Crippen molar-refractivity contribution in [2.75, 3.05) is 71.0 Å². The molecule has 0 N–H and O–H groups in total. The van der Waals surface area contributed by atoms with Crippen LogP contribution in [0.3, 0.4) is 0 Å². The molecule has 284 valence electrons. The summed E-state index contributed by atoms with van der Waals surface area (Å²) in [5, 5.41) is 1.21. The second-order valence-electron chi connectivity index (χ2n) is 13.2. The van der Waals surface area contributed by atoms with Crippen LogP contribution in [0, 0.1) is 5.92 Å². The maximum absolute atomic E-state index is 14.8. The minimum absolute atomic E-state index is 0.0175. The van der Waals surface area contributed by atoms with Gasteiger partial charge in [0.2, 0.25) is 10.0 Å². The van der Waals surface area contributed by atoms with Gasteiger partial charge in [-0.2, -0.15) is 4.31 Å².